The summed E-state index contributed by atoms with van der Waals surface area (Å²) in [5.41, 5.74) is 1.95. The lowest BCUT2D eigenvalue weighted by atomic mass is 10.1. The first-order valence-electron chi connectivity index (χ1n) is 4.78. The van der Waals surface area contributed by atoms with Crippen molar-refractivity contribution in [2.45, 2.75) is 26.4 Å². The molecule has 1 aromatic heterocycles. The number of aliphatic hydroxyl groups excluding tert-OH is 1. The fourth-order valence-electron chi connectivity index (χ4n) is 1.93. The molecule has 1 heterocycles. The summed E-state index contributed by atoms with van der Waals surface area (Å²) in [7, 11) is 1.89. The summed E-state index contributed by atoms with van der Waals surface area (Å²) >= 11 is 0. The first-order chi connectivity index (χ1) is 6.09. The predicted molar refractivity (Wildman–Crippen MR) is 50.2 cm³/mol. The molecule has 13 heavy (non-hydrogen) atoms. The van der Waals surface area contributed by atoms with Crippen LogP contribution in [0.3, 0.4) is 0 Å². The van der Waals surface area contributed by atoms with Crippen molar-refractivity contribution in [3.63, 3.8) is 0 Å². The Balaban J connectivity index is 2.19. The fourth-order valence-corrected chi connectivity index (χ4v) is 1.93. The van der Waals surface area contributed by atoms with Crippen LogP contribution in [-0.2, 0) is 7.05 Å². The Bertz CT molecular complexity index is 319. The number of hydrogen-bond acceptors (Lipinski definition) is 2. The van der Waals surface area contributed by atoms with E-state index in [0.29, 0.717) is 11.8 Å². The summed E-state index contributed by atoms with van der Waals surface area (Å²) in [6.07, 6.45) is 2.77. The van der Waals surface area contributed by atoms with Crippen molar-refractivity contribution in [3.05, 3.63) is 17.5 Å². The molecule has 0 bridgehead atoms. The van der Waals surface area contributed by atoms with Crippen LogP contribution in [0, 0.1) is 18.8 Å². The molecule has 3 unspecified atom stereocenters. The topological polar surface area (TPSA) is 38.0 Å². The first kappa shape index (κ1) is 8.75. The summed E-state index contributed by atoms with van der Waals surface area (Å²) in [5.74, 6) is 1.14. The molecular formula is C10H16N2O. The van der Waals surface area contributed by atoms with Gasteiger partial charge in [0.25, 0.3) is 0 Å². The van der Waals surface area contributed by atoms with Gasteiger partial charge in [0, 0.05) is 18.8 Å². The van der Waals surface area contributed by atoms with Crippen molar-refractivity contribution in [3.8, 4) is 0 Å². The van der Waals surface area contributed by atoms with Crippen LogP contribution < -0.4 is 0 Å². The number of aliphatic hydroxyl groups is 1. The van der Waals surface area contributed by atoms with Crippen molar-refractivity contribution in [1.82, 2.24) is 9.78 Å². The van der Waals surface area contributed by atoms with Crippen LogP contribution >= 0.6 is 0 Å². The van der Waals surface area contributed by atoms with Crippen LogP contribution in [0.2, 0.25) is 0 Å². The van der Waals surface area contributed by atoms with Crippen LogP contribution in [0.4, 0.5) is 0 Å². The third-order valence-electron chi connectivity index (χ3n) is 2.95. The van der Waals surface area contributed by atoms with Gasteiger partial charge in [0.05, 0.1) is 11.8 Å². The quantitative estimate of drug-likeness (QED) is 0.747. The molecule has 0 aromatic carbocycles. The van der Waals surface area contributed by atoms with Gasteiger partial charge >= 0.3 is 0 Å². The number of nitrogens with zero attached hydrogens (tertiary/aromatic N) is 2. The van der Waals surface area contributed by atoms with Crippen molar-refractivity contribution in [1.29, 1.82) is 0 Å². The molecule has 0 amide bonds. The Morgan fingerprint density at radius 3 is 2.69 bits per heavy atom. The van der Waals surface area contributed by atoms with Gasteiger partial charge in [-0.2, -0.15) is 5.10 Å². The van der Waals surface area contributed by atoms with E-state index in [0.717, 1.165) is 17.7 Å². The monoisotopic (exact) mass is 180 g/mol. The molecule has 2 rings (SSSR count). The maximum absolute atomic E-state index is 9.97. The van der Waals surface area contributed by atoms with E-state index in [1.807, 2.05) is 20.2 Å². The summed E-state index contributed by atoms with van der Waals surface area (Å²) in [5, 5.41) is 14.2. The molecule has 72 valence electrons. The van der Waals surface area contributed by atoms with Crippen LogP contribution in [-0.4, -0.2) is 14.9 Å². The molecule has 3 heteroatoms. The number of aromatic nitrogens is 2. The second-order valence-electron chi connectivity index (χ2n) is 4.17. The van der Waals surface area contributed by atoms with Crippen molar-refractivity contribution in [2.24, 2.45) is 18.9 Å². The van der Waals surface area contributed by atoms with Gasteiger partial charge < -0.3 is 5.11 Å². The van der Waals surface area contributed by atoms with Gasteiger partial charge in [-0.05, 0) is 25.2 Å². The number of hydrogen-bond donors (Lipinski definition) is 1. The molecule has 1 fully saturated rings. The van der Waals surface area contributed by atoms with Gasteiger partial charge in [-0.25, -0.2) is 0 Å². The van der Waals surface area contributed by atoms with E-state index in [2.05, 4.69) is 12.0 Å². The Morgan fingerprint density at radius 2 is 2.31 bits per heavy atom. The van der Waals surface area contributed by atoms with Crippen molar-refractivity contribution < 1.29 is 5.11 Å². The van der Waals surface area contributed by atoms with Crippen LogP contribution in [0.5, 0.6) is 0 Å². The third-order valence-corrected chi connectivity index (χ3v) is 2.95. The highest BCUT2D eigenvalue weighted by Gasteiger charge is 2.40. The first-order valence-corrected chi connectivity index (χ1v) is 4.78. The molecule has 0 aliphatic heterocycles. The summed E-state index contributed by atoms with van der Waals surface area (Å²) < 4.78 is 1.76. The minimum atomic E-state index is -0.302. The van der Waals surface area contributed by atoms with Gasteiger partial charge in [-0.1, -0.05) is 6.92 Å². The molecule has 1 saturated carbocycles. The molecule has 0 radical (unpaired) electrons. The van der Waals surface area contributed by atoms with Crippen molar-refractivity contribution in [2.75, 3.05) is 0 Å². The van der Waals surface area contributed by atoms with E-state index >= 15 is 0 Å². The van der Waals surface area contributed by atoms with Crippen LogP contribution in [0.15, 0.2) is 6.20 Å². The van der Waals surface area contributed by atoms with Gasteiger partial charge in [0.1, 0.15) is 0 Å². The van der Waals surface area contributed by atoms with Crippen LogP contribution in [0.1, 0.15) is 30.7 Å². The maximum Gasteiger partial charge on any atom is 0.0853 e. The van der Waals surface area contributed by atoms with E-state index in [9.17, 15) is 5.11 Å². The van der Waals surface area contributed by atoms with Gasteiger partial charge in [-0.3, -0.25) is 4.68 Å². The Kier molecular flexibility index (Phi) is 1.91. The third kappa shape index (κ3) is 1.48. The molecule has 1 aromatic rings. The highest BCUT2D eigenvalue weighted by molar-refractivity contribution is 5.20. The van der Waals surface area contributed by atoms with Gasteiger partial charge in [-0.15, -0.1) is 0 Å². The van der Waals surface area contributed by atoms with Crippen molar-refractivity contribution >= 4 is 0 Å². The Hall–Kier alpha value is -0.830. The number of rotatable bonds is 2. The lowest BCUT2D eigenvalue weighted by molar-refractivity contribution is 0.147. The summed E-state index contributed by atoms with van der Waals surface area (Å²) in [6, 6.07) is 0. The minimum absolute atomic E-state index is 0.302. The smallest absolute Gasteiger partial charge is 0.0853 e. The SMILES string of the molecule is Cc1nn(C)cc1C(O)C1CC1C. The molecule has 1 aliphatic carbocycles. The molecule has 0 spiro atoms. The lowest BCUT2D eigenvalue weighted by Gasteiger charge is -2.07. The Labute approximate surface area is 78.4 Å². The second-order valence-corrected chi connectivity index (χ2v) is 4.17. The van der Waals surface area contributed by atoms with E-state index in [-0.39, 0.29) is 6.10 Å². The largest absolute Gasteiger partial charge is 0.388 e. The standard InChI is InChI=1S/C10H16N2O/c1-6-4-8(6)10(13)9-5-12(3)11-7(9)2/h5-6,8,10,13H,4H2,1-3H3. The van der Waals surface area contributed by atoms with E-state index in [1.165, 1.54) is 0 Å². The minimum Gasteiger partial charge on any atom is -0.388 e. The van der Waals surface area contributed by atoms with Crippen LogP contribution in [0.25, 0.3) is 0 Å². The summed E-state index contributed by atoms with van der Waals surface area (Å²) in [6.45, 7) is 4.13. The predicted octanol–water partition coefficient (Wildman–Crippen LogP) is 1.42. The molecular weight excluding hydrogens is 164 g/mol. The highest BCUT2D eigenvalue weighted by Crippen LogP contribution is 2.47. The molecule has 1 aliphatic rings. The average Bonchev–Trinajstić information content (AvgIpc) is 2.67. The molecule has 1 N–H and O–H groups in total. The molecule has 0 saturated heterocycles. The van der Waals surface area contributed by atoms with E-state index < -0.39 is 0 Å². The molecule has 3 atom stereocenters. The number of aryl methyl sites for hydroxylation is 2. The summed E-state index contributed by atoms with van der Waals surface area (Å²) in [4.78, 5) is 0. The zero-order valence-electron chi connectivity index (χ0n) is 8.36. The Morgan fingerprint density at radius 1 is 1.69 bits per heavy atom. The highest BCUT2D eigenvalue weighted by atomic mass is 16.3. The van der Waals surface area contributed by atoms with E-state index in [1.54, 1.807) is 4.68 Å². The molecule has 3 nitrogen and oxygen atoms in total. The second kappa shape index (κ2) is 2.84. The average molecular weight is 180 g/mol. The normalized spacial score (nSPS) is 28.9. The van der Waals surface area contributed by atoms with Gasteiger partial charge in [0.15, 0.2) is 0 Å². The van der Waals surface area contributed by atoms with E-state index in [4.69, 9.17) is 0 Å². The zero-order chi connectivity index (χ0) is 9.59. The lowest BCUT2D eigenvalue weighted by Crippen LogP contribution is -2.01. The maximum atomic E-state index is 9.97. The van der Waals surface area contributed by atoms with Gasteiger partial charge in [0.2, 0.25) is 0 Å². The fraction of sp³-hybridized carbons (Fsp3) is 0.700. The zero-order valence-corrected chi connectivity index (χ0v) is 8.36.